The summed E-state index contributed by atoms with van der Waals surface area (Å²) in [6.45, 7) is 7.08. The Morgan fingerprint density at radius 3 is 2.40 bits per heavy atom. The van der Waals surface area contributed by atoms with Gasteiger partial charge in [0.15, 0.2) is 11.5 Å². The fourth-order valence-electron chi connectivity index (χ4n) is 2.54. The topological polar surface area (TPSA) is 56.8 Å². The molecule has 0 aliphatic carbocycles. The maximum atomic E-state index is 12.2. The van der Waals surface area contributed by atoms with E-state index in [1.165, 1.54) is 0 Å². The summed E-state index contributed by atoms with van der Waals surface area (Å²) in [6, 6.07) is 13.0. The first-order valence-electron chi connectivity index (χ1n) is 8.36. The highest BCUT2D eigenvalue weighted by Gasteiger charge is 2.14. The number of carbonyl (C=O) groups is 1. The summed E-state index contributed by atoms with van der Waals surface area (Å²) in [6.07, 6.45) is 0.296. The van der Waals surface area contributed by atoms with Gasteiger partial charge in [0.05, 0.1) is 6.42 Å². The zero-order valence-corrected chi connectivity index (χ0v) is 14.8. The summed E-state index contributed by atoms with van der Waals surface area (Å²) in [7, 11) is 0. The summed E-state index contributed by atoms with van der Waals surface area (Å²) in [5.41, 5.74) is 1.38. The van der Waals surface area contributed by atoms with Gasteiger partial charge in [-0.3, -0.25) is 4.79 Å². The Morgan fingerprint density at radius 1 is 1.04 bits per heavy atom. The molecule has 0 bridgehead atoms. The van der Waals surface area contributed by atoms with Crippen molar-refractivity contribution in [2.24, 2.45) is 0 Å². The zero-order chi connectivity index (χ0) is 17.9. The Kier molecular flexibility index (Phi) is 4.83. The van der Waals surface area contributed by atoms with Crippen molar-refractivity contribution in [2.45, 2.75) is 32.8 Å². The molecule has 0 atom stereocenters. The lowest BCUT2D eigenvalue weighted by Gasteiger charge is -2.21. The number of carbonyl (C=O) groups excluding carboxylic acids is 1. The Morgan fingerprint density at radius 2 is 1.72 bits per heavy atom. The standard InChI is InChI=1S/C20H23NO4/c1-20(2,3)25-16-7-4-14(5-8-16)12-19(22)21-15-6-9-17-18(13-15)24-11-10-23-17/h4-9,13H,10-12H2,1-3H3,(H,21,22). The molecule has 0 aromatic heterocycles. The number of rotatable bonds is 4. The molecule has 1 amide bonds. The van der Waals surface area contributed by atoms with Crippen molar-refractivity contribution in [3.05, 3.63) is 48.0 Å². The predicted octanol–water partition coefficient (Wildman–Crippen LogP) is 3.82. The second-order valence-corrected chi connectivity index (χ2v) is 6.94. The van der Waals surface area contributed by atoms with E-state index in [1.807, 2.05) is 57.2 Å². The first-order valence-corrected chi connectivity index (χ1v) is 8.36. The van der Waals surface area contributed by atoms with Crippen molar-refractivity contribution in [2.75, 3.05) is 18.5 Å². The first kappa shape index (κ1) is 17.1. The second kappa shape index (κ2) is 7.05. The lowest BCUT2D eigenvalue weighted by Crippen LogP contribution is -2.22. The third-order valence-corrected chi connectivity index (χ3v) is 3.54. The molecule has 1 aliphatic rings. The third kappa shape index (κ3) is 4.89. The Hall–Kier alpha value is -2.69. The minimum atomic E-state index is -0.239. The van der Waals surface area contributed by atoms with Gasteiger partial charge >= 0.3 is 0 Å². The van der Waals surface area contributed by atoms with Gasteiger partial charge in [-0.2, -0.15) is 0 Å². The van der Waals surface area contributed by atoms with Crippen LogP contribution in [-0.4, -0.2) is 24.7 Å². The molecular formula is C20H23NO4. The van der Waals surface area contributed by atoms with Crippen molar-refractivity contribution < 1.29 is 19.0 Å². The molecule has 0 saturated heterocycles. The van der Waals surface area contributed by atoms with Crippen molar-refractivity contribution in [1.82, 2.24) is 0 Å². The second-order valence-electron chi connectivity index (χ2n) is 6.94. The molecule has 2 aromatic rings. The molecule has 0 radical (unpaired) electrons. The number of fused-ring (bicyclic) bond motifs is 1. The summed E-state index contributed by atoms with van der Waals surface area (Å²) in [5.74, 6) is 2.08. The predicted molar refractivity (Wildman–Crippen MR) is 96.6 cm³/mol. The van der Waals surface area contributed by atoms with E-state index in [0.29, 0.717) is 36.8 Å². The van der Waals surface area contributed by atoms with Crippen LogP contribution >= 0.6 is 0 Å². The SMILES string of the molecule is CC(C)(C)Oc1ccc(CC(=O)Nc2ccc3c(c2)OCCO3)cc1. The normalized spacial score (nSPS) is 13.2. The summed E-state index contributed by atoms with van der Waals surface area (Å²) in [4.78, 5) is 12.2. The number of benzene rings is 2. The van der Waals surface area contributed by atoms with E-state index in [2.05, 4.69) is 5.32 Å². The van der Waals surface area contributed by atoms with Crippen LogP contribution in [0.1, 0.15) is 26.3 Å². The Balaban J connectivity index is 1.59. The van der Waals surface area contributed by atoms with Crippen molar-refractivity contribution >= 4 is 11.6 Å². The molecule has 132 valence electrons. The van der Waals surface area contributed by atoms with Crippen LogP contribution in [0, 0.1) is 0 Å². The lowest BCUT2D eigenvalue weighted by atomic mass is 10.1. The fraction of sp³-hybridized carbons (Fsp3) is 0.350. The van der Waals surface area contributed by atoms with E-state index in [9.17, 15) is 4.79 Å². The summed E-state index contributed by atoms with van der Waals surface area (Å²) in [5, 5.41) is 2.89. The monoisotopic (exact) mass is 341 g/mol. The summed E-state index contributed by atoms with van der Waals surface area (Å²) < 4.78 is 16.8. The highest BCUT2D eigenvalue weighted by atomic mass is 16.6. The molecule has 1 aliphatic heterocycles. The van der Waals surface area contributed by atoms with E-state index in [1.54, 1.807) is 6.07 Å². The van der Waals surface area contributed by atoms with E-state index >= 15 is 0 Å². The van der Waals surface area contributed by atoms with Crippen molar-refractivity contribution in [3.63, 3.8) is 0 Å². The Bertz CT molecular complexity index is 747. The molecule has 0 fully saturated rings. The van der Waals surface area contributed by atoms with Gasteiger partial charge in [-0.25, -0.2) is 0 Å². The van der Waals surface area contributed by atoms with Crippen LogP contribution in [0.4, 0.5) is 5.69 Å². The van der Waals surface area contributed by atoms with E-state index in [0.717, 1.165) is 11.3 Å². The van der Waals surface area contributed by atoms with Crippen LogP contribution in [-0.2, 0) is 11.2 Å². The van der Waals surface area contributed by atoms with Gasteiger partial charge < -0.3 is 19.5 Å². The number of ether oxygens (including phenoxy) is 3. The van der Waals surface area contributed by atoms with Gasteiger partial charge in [0, 0.05) is 11.8 Å². The smallest absolute Gasteiger partial charge is 0.228 e. The number of hydrogen-bond acceptors (Lipinski definition) is 4. The van der Waals surface area contributed by atoms with Crippen molar-refractivity contribution in [1.29, 1.82) is 0 Å². The van der Waals surface area contributed by atoms with Gasteiger partial charge in [-0.15, -0.1) is 0 Å². The van der Waals surface area contributed by atoms with Gasteiger partial charge in [-0.1, -0.05) is 12.1 Å². The molecule has 0 saturated carbocycles. The van der Waals surface area contributed by atoms with Gasteiger partial charge in [0.1, 0.15) is 24.6 Å². The average molecular weight is 341 g/mol. The molecule has 0 unspecified atom stereocenters. The highest BCUT2D eigenvalue weighted by molar-refractivity contribution is 5.92. The molecule has 3 rings (SSSR count). The van der Waals surface area contributed by atoms with Gasteiger partial charge in [0.25, 0.3) is 0 Å². The molecule has 2 aromatic carbocycles. The molecule has 1 heterocycles. The molecule has 5 heteroatoms. The van der Waals surface area contributed by atoms with E-state index in [4.69, 9.17) is 14.2 Å². The largest absolute Gasteiger partial charge is 0.488 e. The molecular weight excluding hydrogens is 318 g/mol. The maximum absolute atomic E-state index is 12.2. The minimum Gasteiger partial charge on any atom is -0.488 e. The Labute approximate surface area is 147 Å². The number of anilines is 1. The van der Waals surface area contributed by atoms with Gasteiger partial charge in [0.2, 0.25) is 5.91 Å². The van der Waals surface area contributed by atoms with E-state index < -0.39 is 0 Å². The maximum Gasteiger partial charge on any atom is 0.228 e. The number of hydrogen-bond donors (Lipinski definition) is 1. The average Bonchev–Trinajstić information content (AvgIpc) is 2.55. The molecule has 5 nitrogen and oxygen atoms in total. The van der Waals surface area contributed by atoms with Gasteiger partial charge in [-0.05, 0) is 50.6 Å². The van der Waals surface area contributed by atoms with Crippen molar-refractivity contribution in [3.8, 4) is 17.2 Å². The zero-order valence-electron chi connectivity index (χ0n) is 14.8. The van der Waals surface area contributed by atoms with Crippen LogP contribution in [0.2, 0.25) is 0 Å². The van der Waals surface area contributed by atoms with Crippen LogP contribution in [0.25, 0.3) is 0 Å². The van der Waals surface area contributed by atoms with Crippen LogP contribution in [0.5, 0.6) is 17.2 Å². The quantitative estimate of drug-likeness (QED) is 0.918. The highest BCUT2D eigenvalue weighted by Crippen LogP contribution is 2.32. The van der Waals surface area contributed by atoms with Crippen LogP contribution < -0.4 is 19.5 Å². The van der Waals surface area contributed by atoms with E-state index in [-0.39, 0.29) is 11.5 Å². The molecule has 0 spiro atoms. The molecule has 25 heavy (non-hydrogen) atoms. The number of amides is 1. The lowest BCUT2D eigenvalue weighted by molar-refractivity contribution is -0.115. The number of nitrogens with one attached hydrogen (secondary N) is 1. The molecule has 1 N–H and O–H groups in total. The fourth-order valence-corrected chi connectivity index (χ4v) is 2.54. The summed E-state index contributed by atoms with van der Waals surface area (Å²) >= 11 is 0. The van der Waals surface area contributed by atoms with Crippen LogP contribution in [0.15, 0.2) is 42.5 Å². The first-order chi connectivity index (χ1) is 11.9. The van der Waals surface area contributed by atoms with Crippen LogP contribution in [0.3, 0.4) is 0 Å². The third-order valence-electron chi connectivity index (χ3n) is 3.54. The minimum absolute atomic E-state index is 0.0823.